The molecule has 2 heterocycles. The van der Waals surface area contributed by atoms with E-state index in [1.54, 1.807) is 6.07 Å². The molecular weight excluding hydrogens is 208 g/mol. The summed E-state index contributed by atoms with van der Waals surface area (Å²) in [5, 5.41) is 12.5. The number of nitrogens with two attached hydrogens (primary N) is 1. The van der Waals surface area contributed by atoms with Crippen molar-refractivity contribution in [1.29, 1.82) is 0 Å². The van der Waals surface area contributed by atoms with Crippen LogP contribution in [0.25, 0.3) is 11.6 Å². The normalized spacial score (nSPS) is 12.7. The molecule has 0 saturated heterocycles. The van der Waals surface area contributed by atoms with Gasteiger partial charge < -0.3 is 15.4 Å². The van der Waals surface area contributed by atoms with Gasteiger partial charge in [0.05, 0.1) is 12.6 Å². The van der Waals surface area contributed by atoms with Crippen molar-refractivity contribution in [1.82, 2.24) is 15.1 Å². The molecule has 2 aromatic heterocycles. The Labute approximate surface area is 92.1 Å². The summed E-state index contributed by atoms with van der Waals surface area (Å²) in [6.07, 6.45) is 0. The molecule has 1 unspecified atom stereocenters. The van der Waals surface area contributed by atoms with E-state index in [4.69, 9.17) is 15.4 Å². The Morgan fingerprint density at radius 3 is 2.94 bits per heavy atom. The molecule has 6 heteroatoms. The largest absolute Gasteiger partial charge is 0.394 e. The van der Waals surface area contributed by atoms with Crippen LogP contribution >= 0.6 is 0 Å². The van der Waals surface area contributed by atoms with Gasteiger partial charge in [-0.25, -0.2) is 4.98 Å². The molecule has 0 fully saturated rings. The quantitative estimate of drug-likeness (QED) is 0.778. The van der Waals surface area contributed by atoms with Crippen molar-refractivity contribution in [3.05, 3.63) is 29.7 Å². The lowest BCUT2D eigenvalue weighted by atomic mass is 10.3. The molecule has 0 spiro atoms. The average molecular weight is 220 g/mol. The summed E-state index contributed by atoms with van der Waals surface area (Å²) in [5.41, 5.74) is 7.03. The molecular formula is C10H12N4O2. The van der Waals surface area contributed by atoms with Crippen LogP contribution in [0.3, 0.4) is 0 Å². The van der Waals surface area contributed by atoms with E-state index in [0.29, 0.717) is 11.6 Å². The van der Waals surface area contributed by atoms with Gasteiger partial charge in [-0.3, -0.25) is 0 Å². The van der Waals surface area contributed by atoms with E-state index in [2.05, 4.69) is 15.1 Å². The van der Waals surface area contributed by atoms with Gasteiger partial charge in [-0.05, 0) is 19.1 Å². The second-order valence-electron chi connectivity index (χ2n) is 3.41. The van der Waals surface area contributed by atoms with Crippen molar-refractivity contribution in [2.75, 3.05) is 6.61 Å². The maximum Gasteiger partial charge on any atom is 0.276 e. The summed E-state index contributed by atoms with van der Waals surface area (Å²) in [6.45, 7) is 1.65. The first kappa shape index (κ1) is 10.7. The molecule has 16 heavy (non-hydrogen) atoms. The van der Waals surface area contributed by atoms with E-state index in [1.807, 2.05) is 19.1 Å². The molecule has 0 radical (unpaired) electrons. The summed E-state index contributed by atoms with van der Waals surface area (Å²) < 4.78 is 5.01. The predicted molar refractivity (Wildman–Crippen MR) is 56.3 cm³/mol. The van der Waals surface area contributed by atoms with Crippen molar-refractivity contribution < 1.29 is 9.63 Å². The first-order valence-corrected chi connectivity index (χ1v) is 4.85. The third-order valence-electron chi connectivity index (χ3n) is 2.08. The lowest BCUT2D eigenvalue weighted by Gasteiger charge is -1.98. The van der Waals surface area contributed by atoms with E-state index in [9.17, 15) is 0 Å². The summed E-state index contributed by atoms with van der Waals surface area (Å²) in [4.78, 5) is 8.31. The summed E-state index contributed by atoms with van der Waals surface area (Å²) in [6, 6.07) is 4.88. The van der Waals surface area contributed by atoms with Crippen LogP contribution in [0.4, 0.5) is 0 Å². The molecule has 0 saturated carbocycles. The fourth-order valence-corrected chi connectivity index (χ4v) is 1.23. The summed E-state index contributed by atoms with van der Waals surface area (Å²) >= 11 is 0. The highest BCUT2D eigenvalue weighted by atomic mass is 16.5. The van der Waals surface area contributed by atoms with Gasteiger partial charge in [-0.15, -0.1) is 0 Å². The number of pyridine rings is 1. The van der Waals surface area contributed by atoms with Crippen LogP contribution < -0.4 is 5.73 Å². The molecule has 0 amide bonds. The van der Waals surface area contributed by atoms with Crippen molar-refractivity contribution in [3.8, 4) is 11.6 Å². The maximum absolute atomic E-state index is 8.85. The summed E-state index contributed by atoms with van der Waals surface area (Å²) in [5.74, 6) is 0.586. The SMILES string of the molecule is Cc1cccc(-c2nc(C(N)CO)no2)n1. The molecule has 84 valence electrons. The highest BCUT2D eigenvalue weighted by Gasteiger charge is 2.14. The lowest BCUT2D eigenvalue weighted by molar-refractivity contribution is 0.260. The molecule has 2 aromatic rings. The molecule has 3 N–H and O–H groups in total. The number of rotatable bonds is 3. The van der Waals surface area contributed by atoms with Crippen LogP contribution in [0.15, 0.2) is 22.7 Å². The molecule has 0 bridgehead atoms. The first-order chi connectivity index (χ1) is 7.70. The zero-order chi connectivity index (χ0) is 11.5. The van der Waals surface area contributed by atoms with Gasteiger partial charge in [0.15, 0.2) is 5.82 Å². The number of hydrogen-bond donors (Lipinski definition) is 2. The molecule has 0 aliphatic carbocycles. The zero-order valence-electron chi connectivity index (χ0n) is 8.79. The molecule has 6 nitrogen and oxygen atoms in total. The minimum absolute atomic E-state index is 0.222. The minimum Gasteiger partial charge on any atom is -0.394 e. The minimum atomic E-state index is -0.623. The monoisotopic (exact) mass is 220 g/mol. The number of aliphatic hydroxyl groups excluding tert-OH is 1. The zero-order valence-corrected chi connectivity index (χ0v) is 8.79. The van der Waals surface area contributed by atoms with Gasteiger partial charge in [-0.1, -0.05) is 11.2 Å². The van der Waals surface area contributed by atoms with E-state index < -0.39 is 6.04 Å². The third kappa shape index (κ3) is 2.07. The Kier molecular flexibility index (Phi) is 2.93. The van der Waals surface area contributed by atoms with Crippen molar-refractivity contribution in [2.24, 2.45) is 5.73 Å². The fourth-order valence-electron chi connectivity index (χ4n) is 1.23. The summed E-state index contributed by atoms with van der Waals surface area (Å²) in [7, 11) is 0. The van der Waals surface area contributed by atoms with E-state index in [0.717, 1.165) is 5.69 Å². The fraction of sp³-hybridized carbons (Fsp3) is 0.300. The van der Waals surface area contributed by atoms with Crippen LogP contribution in [0, 0.1) is 6.92 Å². The Bertz CT molecular complexity index is 483. The topological polar surface area (TPSA) is 98.1 Å². The second kappa shape index (κ2) is 4.38. The van der Waals surface area contributed by atoms with E-state index in [-0.39, 0.29) is 12.4 Å². The first-order valence-electron chi connectivity index (χ1n) is 4.85. The highest BCUT2D eigenvalue weighted by Crippen LogP contribution is 2.16. The predicted octanol–water partition coefficient (Wildman–Crippen LogP) is 0.432. The number of aliphatic hydroxyl groups is 1. The van der Waals surface area contributed by atoms with Gasteiger partial charge in [-0.2, -0.15) is 4.98 Å². The van der Waals surface area contributed by atoms with Crippen molar-refractivity contribution in [2.45, 2.75) is 13.0 Å². The number of aromatic nitrogens is 3. The van der Waals surface area contributed by atoms with Gasteiger partial charge in [0.1, 0.15) is 5.69 Å². The van der Waals surface area contributed by atoms with Crippen molar-refractivity contribution >= 4 is 0 Å². The standard InChI is InChI=1S/C10H12N4O2/c1-6-3-2-4-8(12-6)10-13-9(14-16-10)7(11)5-15/h2-4,7,15H,5,11H2,1H3. The molecule has 1 atom stereocenters. The van der Waals surface area contributed by atoms with E-state index in [1.165, 1.54) is 0 Å². The Balaban J connectivity index is 2.31. The lowest BCUT2D eigenvalue weighted by Crippen LogP contribution is -2.15. The van der Waals surface area contributed by atoms with Crippen LogP contribution in [-0.2, 0) is 0 Å². The molecule has 2 rings (SSSR count). The Morgan fingerprint density at radius 1 is 1.44 bits per heavy atom. The Morgan fingerprint density at radius 2 is 2.25 bits per heavy atom. The highest BCUT2D eigenvalue weighted by molar-refractivity contribution is 5.46. The Hall–Kier alpha value is -1.79. The van der Waals surface area contributed by atoms with E-state index >= 15 is 0 Å². The van der Waals surface area contributed by atoms with Gasteiger partial charge in [0.25, 0.3) is 5.89 Å². The number of nitrogens with zero attached hydrogens (tertiary/aromatic N) is 3. The van der Waals surface area contributed by atoms with Gasteiger partial charge in [0, 0.05) is 5.69 Å². The van der Waals surface area contributed by atoms with Crippen molar-refractivity contribution in [3.63, 3.8) is 0 Å². The third-order valence-corrected chi connectivity index (χ3v) is 2.08. The van der Waals surface area contributed by atoms with Crippen LogP contribution in [0.5, 0.6) is 0 Å². The molecule has 0 aliphatic rings. The van der Waals surface area contributed by atoms with Crippen LogP contribution in [0.1, 0.15) is 17.6 Å². The van der Waals surface area contributed by atoms with Crippen LogP contribution in [0.2, 0.25) is 0 Å². The molecule has 0 aromatic carbocycles. The van der Waals surface area contributed by atoms with Gasteiger partial charge in [0.2, 0.25) is 0 Å². The van der Waals surface area contributed by atoms with Gasteiger partial charge >= 0.3 is 0 Å². The maximum atomic E-state index is 8.85. The molecule has 0 aliphatic heterocycles. The average Bonchev–Trinajstić information content (AvgIpc) is 2.77. The smallest absolute Gasteiger partial charge is 0.276 e. The number of aryl methyl sites for hydroxylation is 1. The second-order valence-corrected chi connectivity index (χ2v) is 3.41. The van der Waals surface area contributed by atoms with Crippen LogP contribution in [-0.4, -0.2) is 26.8 Å². The number of hydrogen-bond acceptors (Lipinski definition) is 6.